The first-order valence-electron chi connectivity index (χ1n) is 6.99. The van der Waals surface area contributed by atoms with Crippen LogP contribution >= 0.6 is 0 Å². The zero-order valence-electron chi connectivity index (χ0n) is 13.9. The molecular weight excluding hydrogens is 419 g/mol. The van der Waals surface area contributed by atoms with Crippen molar-refractivity contribution < 1.29 is 61.8 Å². The average molecular weight is 434 g/mol. The van der Waals surface area contributed by atoms with E-state index in [9.17, 15) is 57.1 Å². The topological polar surface area (TPSA) is 9.23 Å². The van der Waals surface area contributed by atoms with E-state index in [4.69, 9.17) is 0 Å². The van der Waals surface area contributed by atoms with E-state index in [2.05, 4.69) is 4.74 Å². The maximum atomic E-state index is 13.4. The van der Waals surface area contributed by atoms with Gasteiger partial charge in [-0.1, -0.05) is 20.8 Å². The molecule has 0 aromatic rings. The lowest BCUT2D eigenvalue weighted by atomic mass is 9.92. The second-order valence-corrected chi connectivity index (χ2v) is 6.86. The number of halogens is 13. The van der Waals surface area contributed by atoms with Gasteiger partial charge in [0.15, 0.2) is 0 Å². The van der Waals surface area contributed by atoms with Crippen molar-refractivity contribution in [2.24, 2.45) is 5.41 Å². The van der Waals surface area contributed by atoms with E-state index < -0.39 is 54.2 Å². The van der Waals surface area contributed by atoms with Crippen LogP contribution in [-0.2, 0) is 4.74 Å². The number of alkyl halides is 13. The van der Waals surface area contributed by atoms with Gasteiger partial charge in [-0.2, -0.15) is 57.1 Å². The minimum Gasteiger partial charge on any atom is -0.381 e. The van der Waals surface area contributed by atoms with E-state index in [-0.39, 0.29) is 6.61 Å². The molecule has 0 saturated heterocycles. The van der Waals surface area contributed by atoms with Crippen molar-refractivity contribution in [1.82, 2.24) is 0 Å². The fourth-order valence-corrected chi connectivity index (χ4v) is 1.54. The minimum atomic E-state index is -7.86. The molecule has 0 fully saturated rings. The van der Waals surface area contributed by atoms with Crippen molar-refractivity contribution in [3.8, 4) is 0 Å². The van der Waals surface area contributed by atoms with Crippen molar-refractivity contribution >= 4 is 0 Å². The average Bonchev–Trinajstić information content (AvgIpc) is 2.40. The maximum absolute atomic E-state index is 13.4. The van der Waals surface area contributed by atoms with E-state index in [0.717, 1.165) is 0 Å². The Morgan fingerprint density at radius 2 is 0.926 bits per heavy atom. The second-order valence-electron chi connectivity index (χ2n) is 6.86. The molecule has 0 saturated carbocycles. The molecule has 0 N–H and O–H groups in total. The van der Waals surface area contributed by atoms with Crippen LogP contribution in [0.3, 0.4) is 0 Å². The Kier molecular flexibility index (Phi) is 6.89. The Morgan fingerprint density at radius 1 is 0.556 bits per heavy atom. The summed E-state index contributed by atoms with van der Waals surface area (Å²) in [5.41, 5.74) is -0.691. The highest BCUT2D eigenvalue weighted by molar-refractivity contribution is 5.10. The molecule has 0 rings (SSSR count). The number of hydrogen-bond donors (Lipinski definition) is 0. The van der Waals surface area contributed by atoms with Gasteiger partial charge in [0.2, 0.25) is 0 Å². The number of hydrogen-bond acceptors (Lipinski definition) is 1. The fourth-order valence-electron chi connectivity index (χ4n) is 1.54. The summed E-state index contributed by atoms with van der Waals surface area (Å²) in [6.45, 7) is 2.75. The summed E-state index contributed by atoms with van der Waals surface area (Å²) in [5, 5.41) is 0. The molecule has 0 spiro atoms. The van der Waals surface area contributed by atoms with Crippen molar-refractivity contribution in [2.45, 2.75) is 63.0 Å². The van der Waals surface area contributed by atoms with Crippen LogP contribution < -0.4 is 0 Å². The van der Waals surface area contributed by atoms with Gasteiger partial charge < -0.3 is 4.74 Å². The summed E-state index contributed by atoms with van der Waals surface area (Å²) in [6, 6.07) is 0. The lowest BCUT2D eigenvalue weighted by molar-refractivity contribution is -0.440. The third kappa shape index (κ3) is 4.73. The van der Waals surface area contributed by atoms with Crippen molar-refractivity contribution in [1.29, 1.82) is 0 Å². The molecule has 0 aromatic heterocycles. The SMILES string of the molecule is CC(C)(C)COCCC(F)(F)C(F)(F)C(F)(F)C(F)(F)C(F)(F)C(F)(F)F. The van der Waals surface area contributed by atoms with E-state index in [1.54, 1.807) is 0 Å². The van der Waals surface area contributed by atoms with Gasteiger partial charge in [-0.3, -0.25) is 0 Å². The third-order valence-electron chi connectivity index (χ3n) is 3.09. The largest absolute Gasteiger partial charge is 0.460 e. The van der Waals surface area contributed by atoms with Crippen molar-refractivity contribution in [3.05, 3.63) is 0 Å². The second kappa shape index (κ2) is 7.14. The van der Waals surface area contributed by atoms with E-state index in [0.29, 0.717) is 0 Å². The predicted molar refractivity (Wildman–Crippen MR) is 65.7 cm³/mol. The molecule has 0 unspecified atom stereocenters. The maximum Gasteiger partial charge on any atom is 0.460 e. The van der Waals surface area contributed by atoms with Crippen molar-refractivity contribution in [3.63, 3.8) is 0 Å². The van der Waals surface area contributed by atoms with Crippen LogP contribution in [0.1, 0.15) is 27.2 Å². The molecule has 0 atom stereocenters. The van der Waals surface area contributed by atoms with Crippen LogP contribution in [0.2, 0.25) is 0 Å². The van der Waals surface area contributed by atoms with Crippen LogP contribution in [0, 0.1) is 5.41 Å². The Labute approximate surface area is 144 Å². The zero-order chi connectivity index (χ0) is 22.3. The highest BCUT2D eigenvalue weighted by Crippen LogP contribution is 2.60. The summed E-state index contributed by atoms with van der Waals surface area (Å²) in [4.78, 5) is 0. The summed E-state index contributed by atoms with van der Waals surface area (Å²) in [5.74, 6) is -36.6. The molecular formula is C13H15F13O. The Balaban J connectivity index is 5.68. The first-order valence-corrected chi connectivity index (χ1v) is 6.99. The van der Waals surface area contributed by atoms with Gasteiger partial charge in [-0.05, 0) is 5.41 Å². The first kappa shape index (κ1) is 26.1. The molecule has 0 aromatic carbocycles. The summed E-state index contributed by atoms with van der Waals surface area (Å²) >= 11 is 0. The molecule has 0 heterocycles. The molecule has 0 aliphatic rings. The van der Waals surface area contributed by atoms with Crippen molar-refractivity contribution in [2.75, 3.05) is 13.2 Å². The number of rotatable bonds is 8. The molecule has 27 heavy (non-hydrogen) atoms. The van der Waals surface area contributed by atoms with Gasteiger partial charge in [0.05, 0.1) is 13.2 Å². The lowest BCUT2D eigenvalue weighted by Gasteiger charge is -2.39. The molecule has 164 valence electrons. The Morgan fingerprint density at radius 3 is 1.26 bits per heavy atom. The molecule has 1 nitrogen and oxygen atoms in total. The monoisotopic (exact) mass is 434 g/mol. The normalized spacial score (nSPS) is 16.0. The van der Waals surface area contributed by atoms with Gasteiger partial charge in [0.1, 0.15) is 0 Å². The Bertz CT molecular complexity index is 501. The molecule has 0 aliphatic carbocycles. The fraction of sp³-hybridized carbons (Fsp3) is 1.00. The van der Waals surface area contributed by atoms with Crippen LogP contribution in [-0.4, -0.2) is 49.0 Å². The zero-order valence-corrected chi connectivity index (χ0v) is 13.9. The summed E-state index contributed by atoms with van der Waals surface area (Å²) in [7, 11) is 0. The van der Waals surface area contributed by atoms with Gasteiger partial charge in [-0.25, -0.2) is 0 Å². The molecule has 0 radical (unpaired) electrons. The van der Waals surface area contributed by atoms with Crippen LogP contribution in [0.15, 0.2) is 0 Å². The van der Waals surface area contributed by atoms with Gasteiger partial charge in [0, 0.05) is 6.42 Å². The van der Waals surface area contributed by atoms with E-state index in [1.807, 2.05) is 0 Å². The number of ether oxygens (including phenoxy) is 1. The predicted octanol–water partition coefficient (Wildman–Crippen LogP) is 6.18. The molecule has 14 heteroatoms. The summed E-state index contributed by atoms with van der Waals surface area (Å²) < 4.78 is 171. The standard InChI is InChI=1S/C13H15F13O/c1-7(2,3)6-27-5-4-8(14,15)9(16,17)10(18,19)11(20,21)12(22,23)13(24,25)26/h4-6H2,1-3H3. The quantitative estimate of drug-likeness (QED) is 0.328. The highest BCUT2D eigenvalue weighted by atomic mass is 19.4. The highest BCUT2D eigenvalue weighted by Gasteiger charge is 2.90. The third-order valence-corrected chi connectivity index (χ3v) is 3.09. The van der Waals surface area contributed by atoms with Gasteiger partial charge in [-0.15, -0.1) is 0 Å². The smallest absolute Gasteiger partial charge is 0.381 e. The molecule has 0 aliphatic heterocycles. The van der Waals surface area contributed by atoms with Crippen LogP contribution in [0.4, 0.5) is 57.1 Å². The van der Waals surface area contributed by atoms with E-state index >= 15 is 0 Å². The molecule has 0 bridgehead atoms. The lowest BCUT2D eigenvalue weighted by Crippen LogP contribution is -2.70. The summed E-state index contributed by atoms with van der Waals surface area (Å²) in [6.07, 6.45) is -9.74. The molecule has 0 amide bonds. The first-order chi connectivity index (χ1) is 11.5. The van der Waals surface area contributed by atoms with Gasteiger partial charge in [0.25, 0.3) is 0 Å². The van der Waals surface area contributed by atoms with Gasteiger partial charge >= 0.3 is 35.8 Å². The van der Waals surface area contributed by atoms with E-state index in [1.165, 1.54) is 20.8 Å². The Hall–Kier alpha value is -0.950. The minimum absolute atomic E-state index is 0.354. The van der Waals surface area contributed by atoms with Crippen LogP contribution in [0.25, 0.3) is 0 Å². The van der Waals surface area contributed by atoms with Crippen LogP contribution in [0.5, 0.6) is 0 Å².